The molecule has 9 nitrogen and oxygen atoms in total. The van der Waals surface area contributed by atoms with Gasteiger partial charge in [0.2, 0.25) is 5.91 Å². The lowest BCUT2D eigenvalue weighted by Gasteiger charge is -2.26. The molecule has 0 aromatic heterocycles. The predicted octanol–water partition coefficient (Wildman–Crippen LogP) is 1.41. The molecule has 166 valence electrons. The van der Waals surface area contributed by atoms with Gasteiger partial charge in [0.15, 0.2) is 0 Å². The Hall–Kier alpha value is -3.36. The number of hydrogen-bond donors (Lipinski definition) is 2. The van der Waals surface area contributed by atoms with Crippen LogP contribution >= 0.6 is 0 Å². The summed E-state index contributed by atoms with van der Waals surface area (Å²) >= 11 is 0. The Morgan fingerprint density at radius 3 is 2.55 bits per heavy atom. The lowest BCUT2D eigenvalue weighted by molar-refractivity contribution is -0.148. The molecule has 2 N–H and O–H groups in total. The number of likely N-dealkylation sites (tertiary alicyclic amines) is 1. The molecule has 1 saturated heterocycles. The van der Waals surface area contributed by atoms with Gasteiger partial charge in [-0.2, -0.15) is 0 Å². The maximum atomic E-state index is 12.6. The van der Waals surface area contributed by atoms with Gasteiger partial charge in [0, 0.05) is 19.5 Å². The number of esters is 2. The van der Waals surface area contributed by atoms with Gasteiger partial charge in [-0.15, -0.1) is 0 Å². The third-order valence-electron chi connectivity index (χ3n) is 5.27. The van der Waals surface area contributed by atoms with Crippen molar-refractivity contribution in [2.75, 3.05) is 19.8 Å². The zero-order valence-electron chi connectivity index (χ0n) is 17.9. The van der Waals surface area contributed by atoms with Gasteiger partial charge < -0.3 is 25.0 Å². The molecule has 0 spiro atoms. The first kappa shape index (κ1) is 22.3. The number of carbonyl (C=O) groups excluding carboxylic acids is 4. The van der Waals surface area contributed by atoms with Crippen molar-refractivity contribution < 1.29 is 28.7 Å². The Balaban J connectivity index is 1.62. The molecule has 2 heterocycles. The number of hydrogen-bond acceptors (Lipinski definition) is 6. The first-order valence-electron chi connectivity index (χ1n) is 10.3. The van der Waals surface area contributed by atoms with Gasteiger partial charge in [-0.1, -0.05) is 29.8 Å². The summed E-state index contributed by atoms with van der Waals surface area (Å²) in [6.45, 7) is 5.90. The van der Waals surface area contributed by atoms with E-state index in [-0.39, 0.29) is 43.4 Å². The summed E-state index contributed by atoms with van der Waals surface area (Å²) < 4.78 is 10.4. The molecule has 1 aromatic rings. The fraction of sp³-hybridized carbons (Fsp3) is 0.455. The molecule has 0 aliphatic carbocycles. The first-order chi connectivity index (χ1) is 14.8. The maximum absolute atomic E-state index is 12.6. The van der Waals surface area contributed by atoms with Crippen LogP contribution in [0.2, 0.25) is 0 Å². The number of urea groups is 1. The molecule has 0 saturated carbocycles. The summed E-state index contributed by atoms with van der Waals surface area (Å²) in [7, 11) is 0. The van der Waals surface area contributed by atoms with Crippen LogP contribution in [0.3, 0.4) is 0 Å². The topological polar surface area (TPSA) is 114 Å². The summed E-state index contributed by atoms with van der Waals surface area (Å²) in [5.74, 6) is -1.85. The van der Waals surface area contributed by atoms with Crippen LogP contribution in [-0.4, -0.2) is 54.6 Å². The molecule has 2 atom stereocenters. The second kappa shape index (κ2) is 9.63. The van der Waals surface area contributed by atoms with Crippen LogP contribution in [0, 0.1) is 12.8 Å². The van der Waals surface area contributed by atoms with E-state index in [1.807, 2.05) is 31.2 Å². The van der Waals surface area contributed by atoms with E-state index in [9.17, 15) is 19.2 Å². The summed E-state index contributed by atoms with van der Waals surface area (Å²) in [5.41, 5.74) is 2.51. The maximum Gasteiger partial charge on any atom is 0.338 e. The molecule has 9 heteroatoms. The summed E-state index contributed by atoms with van der Waals surface area (Å²) in [6.07, 6.45) is 0.0682. The van der Waals surface area contributed by atoms with Crippen molar-refractivity contribution in [2.45, 2.75) is 39.8 Å². The minimum absolute atomic E-state index is 0.0682. The molecule has 2 aliphatic rings. The predicted molar refractivity (Wildman–Crippen MR) is 110 cm³/mol. The molecule has 31 heavy (non-hydrogen) atoms. The normalized spacial score (nSPS) is 20.9. The SMILES string of the molecule is CCOC(=O)C1=C(COC(=O)C2CC(=O)N(Cc3ccc(C)cc3)C2)NC(=O)NC1C. The average Bonchev–Trinajstić information content (AvgIpc) is 3.08. The number of amides is 3. The van der Waals surface area contributed by atoms with Crippen LogP contribution in [0.25, 0.3) is 0 Å². The van der Waals surface area contributed by atoms with Crippen molar-refractivity contribution in [3.8, 4) is 0 Å². The summed E-state index contributed by atoms with van der Waals surface area (Å²) in [5, 5.41) is 5.09. The highest BCUT2D eigenvalue weighted by Gasteiger charge is 2.36. The molecule has 2 aliphatic heterocycles. The molecule has 1 aromatic carbocycles. The number of aryl methyl sites for hydroxylation is 1. The Bertz CT molecular complexity index is 908. The lowest BCUT2D eigenvalue weighted by atomic mass is 10.0. The minimum Gasteiger partial charge on any atom is -0.463 e. The van der Waals surface area contributed by atoms with Crippen LogP contribution in [0.15, 0.2) is 35.5 Å². The zero-order valence-corrected chi connectivity index (χ0v) is 17.9. The number of rotatable bonds is 7. The Labute approximate surface area is 180 Å². The third kappa shape index (κ3) is 5.42. The van der Waals surface area contributed by atoms with Crippen molar-refractivity contribution in [3.05, 3.63) is 46.7 Å². The molecular formula is C22H27N3O6. The van der Waals surface area contributed by atoms with E-state index in [0.29, 0.717) is 6.54 Å². The van der Waals surface area contributed by atoms with Gasteiger partial charge in [0.05, 0.1) is 29.8 Å². The Morgan fingerprint density at radius 2 is 1.87 bits per heavy atom. The van der Waals surface area contributed by atoms with Crippen LogP contribution < -0.4 is 10.6 Å². The van der Waals surface area contributed by atoms with Gasteiger partial charge in [0.1, 0.15) is 6.61 Å². The van der Waals surface area contributed by atoms with Crippen molar-refractivity contribution >= 4 is 23.9 Å². The van der Waals surface area contributed by atoms with Crippen LogP contribution in [0.1, 0.15) is 31.4 Å². The van der Waals surface area contributed by atoms with Crippen molar-refractivity contribution in [3.63, 3.8) is 0 Å². The average molecular weight is 429 g/mol. The fourth-order valence-corrected chi connectivity index (χ4v) is 3.65. The number of carbonyl (C=O) groups is 4. The molecule has 3 rings (SSSR count). The molecule has 2 unspecified atom stereocenters. The zero-order chi connectivity index (χ0) is 22.5. The second-order valence-corrected chi connectivity index (χ2v) is 7.70. The van der Waals surface area contributed by atoms with Crippen molar-refractivity contribution in [2.24, 2.45) is 5.92 Å². The summed E-state index contributed by atoms with van der Waals surface area (Å²) in [4.78, 5) is 50.6. The fourth-order valence-electron chi connectivity index (χ4n) is 3.65. The smallest absolute Gasteiger partial charge is 0.338 e. The number of nitrogens with zero attached hydrogens (tertiary/aromatic N) is 1. The number of nitrogens with one attached hydrogen (secondary N) is 2. The quantitative estimate of drug-likeness (QED) is 0.634. The van der Waals surface area contributed by atoms with E-state index in [2.05, 4.69) is 10.6 Å². The lowest BCUT2D eigenvalue weighted by Crippen LogP contribution is -2.50. The number of ether oxygens (including phenoxy) is 2. The molecular weight excluding hydrogens is 402 g/mol. The molecule has 0 radical (unpaired) electrons. The molecule has 1 fully saturated rings. The van der Waals surface area contributed by atoms with Gasteiger partial charge in [-0.25, -0.2) is 9.59 Å². The number of benzene rings is 1. The van der Waals surface area contributed by atoms with Crippen LogP contribution in [-0.2, 0) is 30.4 Å². The monoisotopic (exact) mass is 429 g/mol. The van der Waals surface area contributed by atoms with Crippen molar-refractivity contribution in [1.82, 2.24) is 15.5 Å². The van der Waals surface area contributed by atoms with Gasteiger partial charge >= 0.3 is 18.0 Å². The first-order valence-corrected chi connectivity index (χ1v) is 10.3. The van der Waals surface area contributed by atoms with E-state index in [1.54, 1.807) is 18.7 Å². The minimum atomic E-state index is -0.598. The van der Waals surface area contributed by atoms with E-state index in [1.165, 1.54) is 0 Å². The van der Waals surface area contributed by atoms with Crippen LogP contribution in [0.4, 0.5) is 4.79 Å². The highest BCUT2D eigenvalue weighted by Crippen LogP contribution is 2.22. The molecule has 0 bridgehead atoms. The Morgan fingerprint density at radius 1 is 1.16 bits per heavy atom. The summed E-state index contributed by atoms with van der Waals surface area (Å²) in [6, 6.07) is 6.79. The largest absolute Gasteiger partial charge is 0.463 e. The van der Waals surface area contributed by atoms with E-state index in [0.717, 1.165) is 11.1 Å². The van der Waals surface area contributed by atoms with E-state index >= 15 is 0 Å². The molecule has 3 amide bonds. The van der Waals surface area contributed by atoms with Gasteiger partial charge in [0.25, 0.3) is 0 Å². The van der Waals surface area contributed by atoms with Gasteiger partial charge in [-0.05, 0) is 26.3 Å². The highest BCUT2D eigenvalue weighted by molar-refractivity contribution is 5.95. The van der Waals surface area contributed by atoms with Gasteiger partial charge in [-0.3, -0.25) is 9.59 Å². The van der Waals surface area contributed by atoms with Crippen LogP contribution in [0.5, 0.6) is 0 Å². The van der Waals surface area contributed by atoms with E-state index < -0.39 is 29.9 Å². The van der Waals surface area contributed by atoms with E-state index in [4.69, 9.17) is 9.47 Å². The second-order valence-electron chi connectivity index (χ2n) is 7.70. The Kier molecular flexibility index (Phi) is 6.94. The highest BCUT2D eigenvalue weighted by atomic mass is 16.5. The standard InChI is InChI=1S/C22H27N3O6/c1-4-30-21(28)19-14(3)23-22(29)24-17(19)12-31-20(27)16-9-18(26)25(11-16)10-15-7-5-13(2)6-8-15/h5-8,14,16H,4,9-12H2,1-3H3,(H2,23,24,29). The third-order valence-corrected chi connectivity index (χ3v) is 5.27. The van der Waals surface area contributed by atoms with Crippen molar-refractivity contribution in [1.29, 1.82) is 0 Å².